The molecule has 8 heteroatoms. The van der Waals surface area contributed by atoms with Crippen LogP contribution in [0.5, 0.6) is 0 Å². The molecule has 0 saturated carbocycles. The van der Waals surface area contributed by atoms with Gasteiger partial charge in [0.1, 0.15) is 5.01 Å². The van der Waals surface area contributed by atoms with Crippen molar-refractivity contribution in [3.05, 3.63) is 46.7 Å². The van der Waals surface area contributed by atoms with Crippen LogP contribution >= 0.6 is 11.3 Å². The highest BCUT2D eigenvalue weighted by Crippen LogP contribution is 2.14. The van der Waals surface area contributed by atoms with E-state index in [1.807, 2.05) is 13.8 Å². The molecule has 0 spiro atoms. The van der Waals surface area contributed by atoms with Crippen LogP contribution in [0, 0.1) is 13.8 Å². The molecule has 21 heavy (non-hydrogen) atoms. The first-order chi connectivity index (χ1) is 9.94. The van der Waals surface area contributed by atoms with Gasteiger partial charge >= 0.3 is 0 Å². The molecule has 2 heterocycles. The lowest BCUT2D eigenvalue weighted by atomic mass is 10.2. The van der Waals surface area contributed by atoms with Gasteiger partial charge in [-0.15, -0.1) is 0 Å². The summed E-state index contributed by atoms with van der Waals surface area (Å²) >= 11 is 1.47. The van der Waals surface area contributed by atoms with Crippen LogP contribution in [0.1, 0.15) is 16.3 Å². The Morgan fingerprint density at radius 3 is 2.62 bits per heavy atom. The molecule has 0 atom stereocenters. The van der Waals surface area contributed by atoms with Crippen LogP contribution in [-0.2, 0) is 16.6 Å². The highest BCUT2D eigenvalue weighted by atomic mass is 32.2. The molecule has 0 unspecified atom stereocenters. The number of rotatable bonds is 4. The molecule has 0 fully saturated rings. The summed E-state index contributed by atoms with van der Waals surface area (Å²) in [6.07, 6.45) is 1.73. The standard InChI is InChI=1S/C13H14N4O2S2/c1-9-3-5-12(6-4-9)21(18,19)14-7-11-8-17-13(15-11)20-10(2)16-17/h3-6,8,14H,7H2,1-2H3. The van der Waals surface area contributed by atoms with Gasteiger partial charge in [-0.25, -0.2) is 22.6 Å². The molecule has 3 aromatic rings. The number of benzene rings is 1. The Balaban J connectivity index is 1.76. The molecule has 1 aromatic carbocycles. The van der Waals surface area contributed by atoms with Crippen molar-refractivity contribution in [1.29, 1.82) is 0 Å². The molecule has 0 bridgehead atoms. The number of sulfonamides is 1. The summed E-state index contributed by atoms with van der Waals surface area (Å²) in [4.78, 5) is 5.35. The van der Waals surface area contributed by atoms with Crippen LogP contribution in [0.2, 0.25) is 0 Å². The number of fused-ring (bicyclic) bond motifs is 1. The van der Waals surface area contributed by atoms with Gasteiger partial charge in [0.15, 0.2) is 0 Å². The fraction of sp³-hybridized carbons (Fsp3) is 0.231. The highest BCUT2D eigenvalue weighted by Gasteiger charge is 2.14. The largest absolute Gasteiger partial charge is 0.240 e. The minimum Gasteiger partial charge on any atom is -0.221 e. The number of hydrogen-bond donors (Lipinski definition) is 1. The quantitative estimate of drug-likeness (QED) is 0.796. The molecule has 0 aliphatic heterocycles. The van der Waals surface area contributed by atoms with E-state index in [-0.39, 0.29) is 11.4 Å². The van der Waals surface area contributed by atoms with Gasteiger partial charge < -0.3 is 0 Å². The Kier molecular flexibility index (Phi) is 3.52. The minimum atomic E-state index is -3.52. The summed E-state index contributed by atoms with van der Waals surface area (Å²) < 4.78 is 28.5. The predicted octanol–water partition coefficient (Wildman–Crippen LogP) is 1.89. The zero-order valence-electron chi connectivity index (χ0n) is 11.6. The van der Waals surface area contributed by atoms with Crippen molar-refractivity contribution in [3.63, 3.8) is 0 Å². The Morgan fingerprint density at radius 1 is 1.24 bits per heavy atom. The second-order valence-corrected chi connectivity index (χ2v) is 7.65. The van der Waals surface area contributed by atoms with E-state index >= 15 is 0 Å². The van der Waals surface area contributed by atoms with Gasteiger partial charge in [-0.05, 0) is 26.0 Å². The SMILES string of the molecule is Cc1ccc(S(=O)(=O)NCc2cn3nc(C)sc3n2)cc1. The number of aromatic nitrogens is 3. The molecule has 0 aliphatic rings. The lowest BCUT2D eigenvalue weighted by Crippen LogP contribution is -2.23. The highest BCUT2D eigenvalue weighted by molar-refractivity contribution is 7.89. The first-order valence-electron chi connectivity index (χ1n) is 6.32. The van der Waals surface area contributed by atoms with Crippen molar-refractivity contribution in [2.24, 2.45) is 0 Å². The molecule has 0 radical (unpaired) electrons. The minimum absolute atomic E-state index is 0.144. The van der Waals surface area contributed by atoms with Gasteiger partial charge in [0.2, 0.25) is 15.0 Å². The second kappa shape index (κ2) is 5.21. The number of nitrogens with zero attached hydrogens (tertiary/aromatic N) is 3. The van der Waals surface area contributed by atoms with Crippen LogP contribution in [0.25, 0.3) is 4.96 Å². The van der Waals surface area contributed by atoms with Gasteiger partial charge in [0.05, 0.1) is 23.3 Å². The van der Waals surface area contributed by atoms with E-state index in [1.165, 1.54) is 11.3 Å². The molecule has 110 valence electrons. The molecule has 0 saturated heterocycles. The fourth-order valence-electron chi connectivity index (χ4n) is 1.90. The number of nitrogens with one attached hydrogen (secondary N) is 1. The third kappa shape index (κ3) is 2.97. The van der Waals surface area contributed by atoms with E-state index in [9.17, 15) is 8.42 Å². The van der Waals surface area contributed by atoms with Crippen LogP contribution in [0.4, 0.5) is 0 Å². The van der Waals surface area contributed by atoms with Gasteiger partial charge in [-0.3, -0.25) is 0 Å². The Bertz CT molecular complexity index is 847. The van der Waals surface area contributed by atoms with Crippen LogP contribution < -0.4 is 4.72 Å². The third-order valence-corrected chi connectivity index (χ3v) is 5.22. The van der Waals surface area contributed by atoms with Gasteiger partial charge in [0.25, 0.3) is 0 Å². The maximum absolute atomic E-state index is 12.2. The van der Waals surface area contributed by atoms with Gasteiger partial charge in [-0.1, -0.05) is 29.0 Å². The van der Waals surface area contributed by atoms with Crippen LogP contribution in [0.3, 0.4) is 0 Å². The Hall–Kier alpha value is -1.77. The summed E-state index contributed by atoms with van der Waals surface area (Å²) in [5, 5.41) is 5.16. The molecule has 1 N–H and O–H groups in total. The summed E-state index contributed by atoms with van der Waals surface area (Å²) in [5.41, 5.74) is 1.66. The maximum Gasteiger partial charge on any atom is 0.240 e. The van der Waals surface area contributed by atoms with E-state index in [1.54, 1.807) is 35.0 Å². The first-order valence-corrected chi connectivity index (χ1v) is 8.62. The van der Waals surface area contributed by atoms with Crippen LogP contribution in [0.15, 0.2) is 35.4 Å². The molecular formula is C13H14N4O2S2. The first kappa shape index (κ1) is 14.2. The molecule has 2 aromatic heterocycles. The van der Waals surface area contributed by atoms with Crippen molar-refractivity contribution in [2.75, 3.05) is 0 Å². The van der Waals surface area contributed by atoms with E-state index in [4.69, 9.17) is 0 Å². The average Bonchev–Trinajstić information content (AvgIpc) is 2.94. The summed E-state index contributed by atoms with van der Waals surface area (Å²) in [7, 11) is -3.52. The zero-order valence-corrected chi connectivity index (χ0v) is 13.2. The van der Waals surface area contributed by atoms with Crippen molar-refractivity contribution >= 4 is 26.3 Å². The summed E-state index contributed by atoms with van der Waals surface area (Å²) in [6, 6.07) is 6.73. The van der Waals surface area contributed by atoms with E-state index in [0.29, 0.717) is 5.69 Å². The monoisotopic (exact) mass is 322 g/mol. The molecule has 3 rings (SSSR count). The van der Waals surface area contributed by atoms with Gasteiger partial charge in [0, 0.05) is 0 Å². The van der Waals surface area contributed by atoms with Crippen molar-refractivity contribution in [3.8, 4) is 0 Å². The lowest BCUT2D eigenvalue weighted by Gasteiger charge is -2.05. The zero-order chi connectivity index (χ0) is 15.0. The van der Waals surface area contributed by atoms with E-state index in [0.717, 1.165) is 15.5 Å². The third-order valence-electron chi connectivity index (χ3n) is 2.97. The van der Waals surface area contributed by atoms with Crippen molar-refractivity contribution in [2.45, 2.75) is 25.3 Å². The number of aryl methyl sites for hydroxylation is 2. The second-order valence-electron chi connectivity index (χ2n) is 4.72. The topological polar surface area (TPSA) is 76.4 Å². The van der Waals surface area contributed by atoms with Crippen molar-refractivity contribution in [1.82, 2.24) is 19.3 Å². The fourth-order valence-corrected chi connectivity index (χ4v) is 3.64. The molecule has 0 amide bonds. The van der Waals surface area contributed by atoms with E-state index in [2.05, 4.69) is 14.8 Å². The van der Waals surface area contributed by atoms with E-state index < -0.39 is 10.0 Å². The Labute approximate surface area is 126 Å². The predicted molar refractivity (Wildman–Crippen MR) is 80.8 cm³/mol. The summed E-state index contributed by atoms with van der Waals surface area (Å²) in [5.74, 6) is 0. The molecular weight excluding hydrogens is 308 g/mol. The van der Waals surface area contributed by atoms with Crippen LogP contribution in [-0.4, -0.2) is 23.0 Å². The summed E-state index contributed by atoms with van der Waals surface area (Å²) in [6.45, 7) is 3.96. The maximum atomic E-state index is 12.2. The number of imidazole rings is 1. The average molecular weight is 322 g/mol. The smallest absolute Gasteiger partial charge is 0.221 e. The van der Waals surface area contributed by atoms with Crippen molar-refractivity contribution < 1.29 is 8.42 Å². The van der Waals surface area contributed by atoms with Gasteiger partial charge in [-0.2, -0.15) is 5.10 Å². The molecule has 6 nitrogen and oxygen atoms in total. The lowest BCUT2D eigenvalue weighted by molar-refractivity contribution is 0.580. The molecule has 0 aliphatic carbocycles. The Morgan fingerprint density at radius 2 is 1.95 bits per heavy atom. The number of hydrogen-bond acceptors (Lipinski definition) is 5. The normalized spacial score (nSPS) is 12.1.